The van der Waals surface area contributed by atoms with Crippen LogP contribution in [-0.2, 0) is 4.79 Å². The number of anilines is 1. The first kappa shape index (κ1) is 24.1. The molecule has 4 aromatic rings. The molecule has 0 fully saturated rings. The van der Waals surface area contributed by atoms with E-state index in [-0.39, 0.29) is 5.57 Å². The number of rotatable bonds is 7. The summed E-state index contributed by atoms with van der Waals surface area (Å²) in [4.78, 5) is 19.1. The molecule has 4 nitrogen and oxygen atoms in total. The van der Waals surface area contributed by atoms with Crippen LogP contribution in [0, 0.1) is 11.3 Å². The van der Waals surface area contributed by atoms with E-state index < -0.39 is 11.7 Å². The molecule has 1 N–H and O–H groups in total. The molecule has 34 heavy (non-hydrogen) atoms. The fraction of sp³-hybridized carbons (Fsp3) is 0.0417. The first-order valence-corrected chi connectivity index (χ1v) is 12.7. The van der Waals surface area contributed by atoms with Crippen LogP contribution in [0.25, 0.3) is 27.8 Å². The minimum absolute atomic E-state index is 0.0587. The smallest absolute Gasteiger partial charge is 0.288 e. The average molecular weight is 530 g/mol. The molecule has 0 radical (unpaired) electrons. The number of carbonyl (C=O) groups excluding carboxylic acids is 1. The Kier molecular flexibility index (Phi) is 7.75. The predicted octanol–water partition coefficient (Wildman–Crippen LogP) is 8.05. The molecule has 0 saturated carbocycles. The zero-order chi connectivity index (χ0) is 24.1. The van der Waals surface area contributed by atoms with Crippen LogP contribution in [-0.4, -0.2) is 16.6 Å². The average Bonchev–Trinajstić information content (AvgIpc) is 3.47. The molecule has 0 atom stereocenters. The quantitative estimate of drug-likeness (QED) is 0.149. The van der Waals surface area contributed by atoms with Gasteiger partial charge in [0.05, 0.1) is 5.69 Å². The first-order chi connectivity index (χ1) is 16.4. The van der Waals surface area contributed by atoms with Crippen molar-refractivity contribution in [1.82, 2.24) is 4.98 Å². The van der Waals surface area contributed by atoms with Crippen LogP contribution in [0.15, 0.2) is 76.5 Å². The van der Waals surface area contributed by atoms with Gasteiger partial charge < -0.3 is 0 Å². The monoisotopic (exact) mass is 529 g/mol. The molecule has 0 aliphatic rings. The second kappa shape index (κ2) is 10.9. The minimum atomic E-state index is -2.47. The highest BCUT2D eigenvalue weighted by Gasteiger charge is 2.14. The van der Waals surface area contributed by atoms with Gasteiger partial charge in [-0.25, -0.2) is 4.98 Å². The molecule has 4 rings (SSSR count). The molecule has 0 saturated heterocycles. The number of thiophene rings is 1. The number of nitrogens with zero attached hydrogens (tertiary/aromatic N) is 2. The molecule has 1 amide bonds. The molecule has 0 unspecified atom stereocenters. The van der Waals surface area contributed by atoms with Crippen molar-refractivity contribution in [2.24, 2.45) is 0 Å². The zero-order valence-electron chi connectivity index (χ0n) is 17.2. The number of carbonyl (C=O) groups is 1. The predicted molar refractivity (Wildman–Crippen MR) is 136 cm³/mol. The largest absolute Gasteiger partial charge is 0.297 e. The van der Waals surface area contributed by atoms with Gasteiger partial charge in [0, 0.05) is 30.6 Å². The number of thioether (sulfide) groups is 1. The van der Waals surface area contributed by atoms with Gasteiger partial charge in [0.25, 0.3) is 11.7 Å². The van der Waals surface area contributed by atoms with Gasteiger partial charge in [-0.2, -0.15) is 14.0 Å². The summed E-state index contributed by atoms with van der Waals surface area (Å²) < 4.78 is 25.0. The number of hydrogen-bond donors (Lipinski definition) is 1. The van der Waals surface area contributed by atoms with E-state index in [4.69, 9.17) is 11.6 Å². The highest BCUT2D eigenvalue weighted by Crippen LogP contribution is 2.32. The van der Waals surface area contributed by atoms with Crippen molar-refractivity contribution in [3.8, 4) is 27.8 Å². The highest BCUT2D eigenvalue weighted by atomic mass is 35.5. The fourth-order valence-corrected chi connectivity index (χ4v) is 5.31. The van der Waals surface area contributed by atoms with Crippen LogP contribution < -0.4 is 5.32 Å². The molecular weight excluding hydrogens is 516 g/mol. The Morgan fingerprint density at radius 2 is 1.94 bits per heavy atom. The van der Waals surface area contributed by atoms with Crippen LogP contribution in [0.5, 0.6) is 0 Å². The van der Waals surface area contributed by atoms with Crippen molar-refractivity contribution in [3.63, 3.8) is 0 Å². The summed E-state index contributed by atoms with van der Waals surface area (Å²) in [7, 11) is 0. The topological polar surface area (TPSA) is 65.8 Å². The molecule has 2 aromatic carbocycles. The summed E-state index contributed by atoms with van der Waals surface area (Å²) in [5, 5.41) is 14.9. The van der Waals surface area contributed by atoms with Crippen molar-refractivity contribution in [3.05, 3.63) is 81.5 Å². The second-order valence-electron chi connectivity index (χ2n) is 6.78. The Balaban J connectivity index is 1.46. The molecule has 0 aliphatic carbocycles. The van der Waals surface area contributed by atoms with Crippen molar-refractivity contribution in [2.75, 3.05) is 5.32 Å². The minimum Gasteiger partial charge on any atom is -0.297 e. The van der Waals surface area contributed by atoms with E-state index in [9.17, 15) is 18.8 Å². The van der Waals surface area contributed by atoms with E-state index in [1.807, 2.05) is 24.3 Å². The summed E-state index contributed by atoms with van der Waals surface area (Å²) in [5.74, 6) is -3.02. The molecule has 0 aliphatic heterocycles. The maximum Gasteiger partial charge on any atom is 0.288 e. The van der Waals surface area contributed by atoms with E-state index in [1.165, 1.54) is 28.7 Å². The maximum atomic E-state index is 12.6. The van der Waals surface area contributed by atoms with Gasteiger partial charge in [0.15, 0.2) is 5.13 Å². The Hall–Kier alpha value is -3.03. The number of hydrogen-bond acceptors (Lipinski definition) is 6. The van der Waals surface area contributed by atoms with Crippen LogP contribution in [0.1, 0.15) is 4.88 Å². The standard InChI is InChI=1S/C24H14ClF2N3OS3/c25-17-3-1-2-15(10-17)20-13-32-24(29-20)30-22(31)16(12-28)11-19-8-9-21(33-19)14-4-6-18(7-5-14)34-23(26)27/h1-11,13,23H,(H,29,30,31)/b16-11+. The van der Waals surface area contributed by atoms with Crippen molar-refractivity contribution >= 4 is 63.2 Å². The SMILES string of the molecule is N#C/C(=C\c1ccc(-c2ccc(SC(F)F)cc2)s1)C(=O)Nc1nc(-c2cccc(Cl)c2)cs1. The van der Waals surface area contributed by atoms with Gasteiger partial charge in [0.1, 0.15) is 11.6 Å². The van der Waals surface area contributed by atoms with Crippen LogP contribution in [0.3, 0.4) is 0 Å². The molecular formula is C24H14ClF2N3OS3. The lowest BCUT2D eigenvalue weighted by Crippen LogP contribution is -2.13. The van der Waals surface area contributed by atoms with Gasteiger partial charge >= 0.3 is 0 Å². The van der Waals surface area contributed by atoms with Crippen molar-refractivity contribution < 1.29 is 13.6 Å². The van der Waals surface area contributed by atoms with Crippen molar-refractivity contribution in [1.29, 1.82) is 5.26 Å². The van der Waals surface area contributed by atoms with Crippen LogP contribution in [0.4, 0.5) is 13.9 Å². The van der Waals surface area contributed by atoms with Gasteiger partial charge in [-0.05, 0) is 48.0 Å². The summed E-state index contributed by atoms with van der Waals surface area (Å²) in [6.07, 6.45) is 1.51. The number of nitrogens with one attached hydrogen (secondary N) is 1. The van der Waals surface area contributed by atoms with E-state index in [0.29, 0.717) is 37.4 Å². The number of amides is 1. The summed E-state index contributed by atoms with van der Waals surface area (Å²) in [6.45, 7) is 0. The Labute approximate surface area is 211 Å². The van der Waals surface area contributed by atoms with E-state index >= 15 is 0 Å². The summed E-state index contributed by atoms with van der Waals surface area (Å²) in [6, 6.07) is 19.6. The zero-order valence-corrected chi connectivity index (χ0v) is 20.4. The van der Waals surface area contributed by atoms with Crippen LogP contribution in [0.2, 0.25) is 5.02 Å². The van der Waals surface area contributed by atoms with Gasteiger partial charge in [-0.15, -0.1) is 22.7 Å². The van der Waals surface area contributed by atoms with Gasteiger partial charge in [0.2, 0.25) is 0 Å². The first-order valence-electron chi connectivity index (χ1n) is 9.71. The highest BCUT2D eigenvalue weighted by molar-refractivity contribution is 7.99. The number of halogens is 3. The van der Waals surface area contributed by atoms with Gasteiger partial charge in [-0.3, -0.25) is 10.1 Å². The summed E-state index contributed by atoms with van der Waals surface area (Å²) in [5.41, 5.74) is 2.30. The molecule has 10 heteroatoms. The van der Waals surface area contributed by atoms with Gasteiger partial charge in [-0.1, -0.05) is 47.6 Å². The lowest BCUT2D eigenvalue weighted by molar-refractivity contribution is -0.112. The molecule has 0 spiro atoms. The molecule has 170 valence electrons. The number of nitriles is 1. The number of benzene rings is 2. The Morgan fingerprint density at radius 3 is 2.65 bits per heavy atom. The lowest BCUT2D eigenvalue weighted by Gasteiger charge is -2.02. The molecule has 0 bridgehead atoms. The third kappa shape index (κ3) is 6.10. The van der Waals surface area contributed by atoms with Crippen molar-refractivity contribution in [2.45, 2.75) is 10.7 Å². The fourth-order valence-electron chi connectivity index (χ4n) is 2.95. The molecule has 2 aromatic heterocycles. The maximum absolute atomic E-state index is 12.6. The molecule has 2 heterocycles. The third-order valence-corrected chi connectivity index (χ3v) is 7.28. The number of thiazole rings is 1. The second-order valence-corrected chi connectivity index (χ2v) is 10.3. The summed E-state index contributed by atoms with van der Waals surface area (Å²) >= 11 is 9.16. The Morgan fingerprint density at radius 1 is 1.15 bits per heavy atom. The van der Waals surface area contributed by atoms with Crippen LogP contribution >= 0.6 is 46.0 Å². The third-order valence-electron chi connectivity index (χ3n) is 4.49. The lowest BCUT2D eigenvalue weighted by atomic mass is 10.2. The number of aromatic nitrogens is 1. The Bertz CT molecular complexity index is 1390. The van der Waals surface area contributed by atoms with E-state index in [0.717, 1.165) is 16.0 Å². The normalized spacial score (nSPS) is 11.4. The number of alkyl halides is 2. The van der Waals surface area contributed by atoms with E-state index in [2.05, 4.69) is 10.3 Å². The van der Waals surface area contributed by atoms with E-state index in [1.54, 1.807) is 47.8 Å².